The third-order valence-corrected chi connectivity index (χ3v) is 3.89. The first-order chi connectivity index (χ1) is 9.15. The van der Waals surface area contributed by atoms with Gasteiger partial charge < -0.3 is 20.8 Å². The number of nitrogens with two attached hydrogens (primary N) is 1. The van der Waals surface area contributed by atoms with Gasteiger partial charge in [-0.3, -0.25) is 4.90 Å². The second-order valence-electron chi connectivity index (χ2n) is 4.96. The average Bonchev–Trinajstić information content (AvgIpc) is 2.42. The highest BCUT2D eigenvalue weighted by molar-refractivity contribution is 5.41. The molecular weight excluding hydrogens is 242 g/mol. The fraction of sp³-hybridized carbons (Fsp3) is 0.571. The second kappa shape index (κ2) is 6.23. The SMILES string of the molecule is CCN1CCN(C(CN)c2ccc(O)cc2O)CC1. The molecular formula is C14H23N3O2. The van der Waals surface area contributed by atoms with E-state index >= 15 is 0 Å². The first kappa shape index (κ1) is 14.1. The number of phenolic OH excluding ortho intramolecular Hbond substituents is 2. The fourth-order valence-electron chi connectivity index (χ4n) is 2.68. The molecule has 1 aliphatic heterocycles. The number of hydrogen-bond acceptors (Lipinski definition) is 5. The number of aromatic hydroxyl groups is 2. The van der Waals surface area contributed by atoms with Crippen LogP contribution in [0.4, 0.5) is 0 Å². The van der Waals surface area contributed by atoms with Crippen molar-refractivity contribution in [1.29, 1.82) is 0 Å². The molecule has 1 heterocycles. The van der Waals surface area contributed by atoms with E-state index in [0.29, 0.717) is 6.54 Å². The van der Waals surface area contributed by atoms with E-state index in [0.717, 1.165) is 38.3 Å². The zero-order chi connectivity index (χ0) is 13.8. The van der Waals surface area contributed by atoms with Crippen molar-refractivity contribution in [3.05, 3.63) is 23.8 Å². The molecule has 0 radical (unpaired) electrons. The summed E-state index contributed by atoms with van der Waals surface area (Å²) < 4.78 is 0. The summed E-state index contributed by atoms with van der Waals surface area (Å²) in [6.45, 7) is 7.68. The van der Waals surface area contributed by atoms with Crippen LogP contribution >= 0.6 is 0 Å². The Bertz CT molecular complexity index is 417. The summed E-state index contributed by atoms with van der Waals surface area (Å²) in [5.74, 6) is 0.196. The molecule has 0 bridgehead atoms. The molecule has 1 aliphatic rings. The molecule has 1 aromatic rings. The molecule has 19 heavy (non-hydrogen) atoms. The van der Waals surface area contributed by atoms with Gasteiger partial charge in [0.05, 0.1) is 6.04 Å². The summed E-state index contributed by atoms with van der Waals surface area (Å²) >= 11 is 0. The number of likely N-dealkylation sites (N-methyl/N-ethyl adjacent to an activating group) is 1. The van der Waals surface area contributed by atoms with Crippen LogP contribution in [0.15, 0.2) is 18.2 Å². The van der Waals surface area contributed by atoms with Gasteiger partial charge in [-0.2, -0.15) is 0 Å². The normalized spacial score (nSPS) is 19.5. The maximum atomic E-state index is 9.97. The first-order valence-corrected chi connectivity index (χ1v) is 6.84. The summed E-state index contributed by atoms with van der Waals surface area (Å²) in [6.07, 6.45) is 0. The van der Waals surface area contributed by atoms with Gasteiger partial charge in [0, 0.05) is 44.4 Å². The maximum Gasteiger partial charge on any atom is 0.124 e. The molecule has 0 aromatic heterocycles. The Hall–Kier alpha value is -1.30. The summed E-state index contributed by atoms with van der Waals surface area (Å²) in [5, 5.41) is 19.3. The molecule has 1 atom stereocenters. The van der Waals surface area contributed by atoms with Crippen LogP contribution in [-0.2, 0) is 0 Å². The molecule has 5 nitrogen and oxygen atoms in total. The Labute approximate surface area is 114 Å². The van der Waals surface area contributed by atoms with Gasteiger partial charge in [0.2, 0.25) is 0 Å². The molecule has 0 aliphatic carbocycles. The topological polar surface area (TPSA) is 73.0 Å². The standard InChI is InChI=1S/C14H23N3O2/c1-2-16-5-7-17(8-6-16)13(10-15)12-4-3-11(18)9-14(12)19/h3-4,9,13,18-19H,2,5-8,10,15H2,1H3. The van der Waals surface area contributed by atoms with Gasteiger partial charge in [-0.1, -0.05) is 13.0 Å². The average molecular weight is 265 g/mol. The van der Waals surface area contributed by atoms with E-state index in [1.54, 1.807) is 12.1 Å². The Morgan fingerprint density at radius 1 is 1.21 bits per heavy atom. The first-order valence-electron chi connectivity index (χ1n) is 6.84. The molecule has 1 fully saturated rings. The summed E-state index contributed by atoms with van der Waals surface area (Å²) in [5.41, 5.74) is 6.68. The van der Waals surface area contributed by atoms with Crippen LogP contribution in [0.2, 0.25) is 0 Å². The van der Waals surface area contributed by atoms with E-state index in [2.05, 4.69) is 16.7 Å². The molecule has 2 rings (SSSR count). The van der Waals surface area contributed by atoms with Gasteiger partial charge in [0.15, 0.2) is 0 Å². The number of rotatable bonds is 4. The van der Waals surface area contributed by atoms with Crippen molar-refractivity contribution in [2.45, 2.75) is 13.0 Å². The van der Waals surface area contributed by atoms with E-state index < -0.39 is 0 Å². The van der Waals surface area contributed by atoms with Gasteiger partial charge in [0.25, 0.3) is 0 Å². The Morgan fingerprint density at radius 2 is 1.89 bits per heavy atom. The Morgan fingerprint density at radius 3 is 2.42 bits per heavy atom. The summed E-state index contributed by atoms with van der Waals surface area (Å²) in [7, 11) is 0. The Kier molecular flexibility index (Phi) is 4.63. The lowest BCUT2D eigenvalue weighted by Crippen LogP contribution is -2.48. The highest BCUT2D eigenvalue weighted by atomic mass is 16.3. The van der Waals surface area contributed by atoms with E-state index in [1.807, 2.05) is 0 Å². The minimum absolute atomic E-state index is 0.0135. The fourth-order valence-corrected chi connectivity index (χ4v) is 2.68. The molecule has 1 saturated heterocycles. The smallest absolute Gasteiger partial charge is 0.124 e. The number of piperazine rings is 1. The number of nitrogens with zero attached hydrogens (tertiary/aromatic N) is 2. The van der Waals surface area contributed by atoms with Crippen LogP contribution in [0.25, 0.3) is 0 Å². The van der Waals surface area contributed by atoms with E-state index in [9.17, 15) is 10.2 Å². The highest BCUT2D eigenvalue weighted by Crippen LogP contribution is 2.31. The van der Waals surface area contributed by atoms with Gasteiger partial charge in [-0.05, 0) is 12.6 Å². The molecule has 5 heteroatoms. The maximum absolute atomic E-state index is 9.97. The summed E-state index contributed by atoms with van der Waals surface area (Å²) in [4.78, 5) is 4.71. The molecule has 106 valence electrons. The van der Waals surface area contributed by atoms with Crippen molar-refractivity contribution < 1.29 is 10.2 Å². The monoisotopic (exact) mass is 265 g/mol. The minimum atomic E-state index is 0.0135. The van der Waals surface area contributed by atoms with Crippen LogP contribution in [0.5, 0.6) is 11.5 Å². The van der Waals surface area contributed by atoms with Crippen LogP contribution in [-0.4, -0.2) is 59.3 Å². The number of phenols is 2. The van der Waals surface area contributed by atoms with Crippen LogP contribution in [0, 0.1) is 0 Å². The lowest BCUT2D eigenvalue weighted by atomic mass is 10.0. The van der Waals surface area contributed by atoms with Crippen molar-refractivity contribution in [1.82, 2.24) is 9.80 Å². The van der Waals surface area contributed by atoms with Crippen molar-refractivity contribution in [2.24, 2.45) is 5.73 Å². The molecule has 1 aromatic carbocycles. The lowest BCUT2D eigenvalue weighted by molar-refractivity contribution is 0.101. The van der Waals surface area contributed by atoms with Gasteiger partial charge >= 0.3 is 0 Å². The zero-order valence-corrected chi connectivity index (χ0v) is 11.4. The quantitative estimate of drug-likeness (QED) is 0.748. The molecule has 0 amide bonds. The van der Waals surface area contributed by atoms with Crippen molar-refractivity contribution in [3.63, 3.8) is 0 Å². The Balaban J connectivity index is 2.12. The van der Waals surface area contributed by atoms with Crippen molar-refractivity contribution in [3.8, 4) is 11.5 Å². The second-order valence-corrected chi connectivity index (χ2v) is 4.96. The summed E-state index contributed by atoms with van der Waals surface area (Å²) in [6, 6.07) is 4.74. The van der Waals surface area contributed by atoms with Crippen molar-refractivity contribution >= 4 is 0 Å². The van der Waals surface area contributed by atoms with Crippen LogP contribution in [0.3, 0.4) is 0 Å². The number of hydrogen-bond donors (Lipinski definition) is 3. The minimum Gasteiger partial charge on any atom is -0.508 e. The van der Waals surface area contributed by atoms with Gasteiger partial charge in [0.1, 0.15) is 11.5 Å². The third-order valence-electron chi connectivity index (χ3n) is 3.89. The zero-order valence-electron chi connectivity index (χ0n) is 11.4. The van der Waals surface area contributed by atoms with Crippen LogP contribution in [0.1, 0.15) is 18.5 Å². The predicted molar refractivity (Wildman–Crippen MR) is 75.3 cm³/mol. The number of benzene rings is 1. The van der Waals surface area contributed by atoms with E-state index in [-0.39, 0.29) is 17.5 Å². The third kappa shape index (κ3) is 3.18. The molecule has 0 saturated carbocycles. The van der Waals surface area contributed by atoms with Crippen molar-refractivity contribution in [2.75, 3.05) is 39.3 Å². The predicted octanol–water partition coefficient (Wildman–Crippen LogP) is 0.735. The van der Waals surface area contributed by atoms with Gasteiger partial charge in [-0.25, -0.2) is 0 Å². The largest absolute Gasteiger partial charge is 0.508 e. The molecule has 0 spiro atoms. The van der Waals surface area contributed by atoms with E-state index in [4.69, 9.17) is 5.73 Å². The lowest BCUT2D eigenvalue weighted by Gasteiger charge is -2.38. The van der Waals surface area contributed by atoms with Crippen LogP contribution < -0.4 is 5.73 Å². The van der Waals surface area contributed by atoms with Gasteiger partial charge in [-0.15, -0.1) is 0 Å². The molecule has 4 N–H and O–H groups in total. The highest BCUT2D eigenvalue weighted by Gasteiger charge is 2.25. The van der Waals surface area contributed by atoms with E-state index in [1.165, 1.54) is 6.07 Å². The molecule has 1 unspecified atom stereocenters.